The van der Waals surface area contributed by atoms with E-state index in [0.717, 1.165) is 5.56 Å². The van der Waals surface area contributed by atoms with Crippen LogP contribution in [0.25, 0.3) is 11.1 Å². The molecule has 8 heteroatoms. The van der Waals surface area contributed by atoms with Crippen LogP contribution in [-0.2, 0) is 4.74 Å². The van der Waals surface area contributed by atoms with Gasteiger partial charge >= 0.3 is 0 Å². The average Bonchev–Trinajstić information content (AvgIpc) is 2.71. The number of hydrogen-bond donors (Lipinski definition) is 4. The van der Waals surface area contributed by atoms with E-state index in [1.54, 1.807) is 31.2 Å². The van der Waals surface area contributed by atoms with E-state index in [2.05, 4.69) is 0 Å². The van der Waals surface area contributed by atoms with E-state index in [0.29, 0.717) is 16.9 Å². The number of aliphatic hydroxyl groups excluding tert-OH is 3. The maximum Gasteiger partial charge on any atom is 0.243 e. The highest BCUT2D eigenvalue weighted by atomic mass is 35.5. The van der Waals surface area contributed by atoms with E-state index in [1.807, 2.05) is 5.92 Å². The van der Waals surface area contributed by atoms with Gasteiger partial charge in [0.25, 0.3) is 0 Å². The number of halogens is 2. The third kappa shape index (κ3) is 3.96. The van der Waals surface area contributed by atoms with Crippen LogP contribution in [-0.4, -0.2) is 57.2 Å². The Morgan fingerprint density at radius 2 is 1.90 bits per heavy atom. The summed E-state index contributed by atoms with van der Waals surface area (Å²) in [5.41, 5.74) is -0.260. The second kappa shape index (κ2) is 8.28. The maximum atomic E-state index is 13.4. The number of aliphatic hydroxyl groups is 4. The Bertz CT molecular complexity index is 945. The molecule has 1 saturated heterocycles. The summed E-state index contributed by atoms with van der Waals surface area (Å²) < 4.78 is 24.5. The molecule has 1 aliphatic rings. The summed E-state index contributed by atoms with van der Waals surface area (Å²) in [6.45, 7) is 1.12. The van der Waals surface area contributed by atoms with Crippen LogP contribution in [0.2, 0.25) is 5.02 Å². The quantitative estimate of drug-likeness (QED) is 0.559. The van der Waals surface area contributed by atoms with Gasteiger partial charge in [0, 0.05) is 0 Å². The molecule has 29 heavy (non-hydrogen) atoms. The molecule has 6 nitrogen and oxygen atoms in total. The Morgan fingerprint density at radius 1 is 1.24 bits per heavy atom. The molecule has 0 spiro atoms. The molecule has 3 rings (SSSR count). The minimum absolute atomic E-state index is 0.00207. The van der Waals surface area contributed by atoms with Crippen LogP contribution in [0.5, 0.6) is 5.75 Å². The molecule has 4 N–H and O–H groups in total. The smallest absolute Gasteiger partial charge is 0.243 e. The van der Waals surface area contributed by atoms with Gasteiger partial charge in [-0.3, -0.25) is 0 Å². The van der Waals surface area contributed by atoms with Crippen molar-refractivity contribution in [3.8, 4) is 29.2 Å². The Kier molecular flexibility index (Phi) is 6.15. The fourth-order valence-corrected chi connectivity index (χ4v) is 3.30. The third-order valence-corrected chi connectivity index (χ3v) is 5.18. The lowest BCUT2D eigenvalue weighted by Crippen LogP contribution is -2.67. The molecule has 0 aromatic heterocycles. The number of terminal acetylenes is 1. The zero-order chi connectivity index (χ0) is 21.3. The monoisotopic (exact) mass is 422 g/mol. The highest BCUT2D eigenvalue weighted by Gasteiger charge is 2.55. The third-order valence-electron chi connectivity index (χ3n) is 4.89. The van der Waals surface area contributed by atoms with Gasteiger partial charge < -0.3 is 29.9 Å². The zero-order valence-corrected chi connectivity index (χ0v) is 16.2. The van der Waals surface area contributed by atoms with Crippen LogP contribution in [0.15, 0.2) is 36.4 Å². The Hall–Kier alpha value is -2.18. The Labute approximate surface area is 172 Å². The SMILES string of the molecule is C#C[C@@]1(O)[C@@H](Oc2ccc(-c3ccc(F)c(Cl)c3)cc2C)O[C@H](CO)[C@@H](O)[C@@H]1O. The summed E-state index contributed by atoms with van der Waals surface area (Å²) in [6, 6.07) is 9.39. The molecule has 0 amide bonds. The molecule has 1 heterocycles. The first-order valence-corrected chi connectivity index (χ1v) is 9.14. The predicted octanol–water partition coefficient (Wildman–Crippen LogP) is 1.64. The molecule has 2 aromatic carbocycles. The molecule has 0 unspecified atom stereocenters. The Morgan fingerprint density at radius 3 is 2.48 bits per heavy atom. The van der Waals surface area contributed by atoms with Gasteiger partial charge in [0.1, 0.15) is 29.9 Å². The van der Waals surface area contributed by atoms with Gasteiger partial charge in [-0.1, -0.05) is 29.7 Å². The van der Waals surface area contributed by atoms with Crippen molar-refractivity contribution in [3.63, 3.8) is 0 Å². The van der Waals surface area contributed by atoms with E-state index in [4.69, 9.17) is 27.5 Å². The summed E-state index contributed by atoms with van der Waals surface area (Å²) >= 11 is 5.84. The standard InChI is InChI=1S/C21H20ClFO6/c1-3-21(27)19(26)18(25)17(10-24)29-20(21)28-16-7-5-12(8-11(16)2)13-4-6-15(23)14(22)9-13/h1,4-9,17-20,24-27H,10H2,2H3/t17-,18-,19+,20+,21+/m1/s1. The summed E-state index contributed by atoms with van der Waals surface area (Å²) in [5.74, 6) is 1.78. The van der Waals surface area contributed by atoms with Gasteiger partial charge in [0.05, 0.1) is 11.6 Å². The lowest BCUT2D eigenvalue weighted by atomic mass is 9.87. The molecule has 154 valence electrons. The van der Waals surface area contributed by atoms with E-state index < -0.39 is 42.6 Å². The second-order valence-electron chi connectivity index (χ2n) is 6.82. The number of ether oxygens (including phenoxy) is 2. The van der Waals surface area contributed by atoms with Gasteiger partial charge in [-0.05, 0) is 47.9 Å². The van der Waals surface area contributed by atoms with Crippen LogP contribution in [0, 0.1) is 25.1 Å². The first-order chi connectivity index (χ1) is 13.7. The number of aryl methyl sites for hydroxylation is 1. The fraction of sp³-hybridized carbons (Fsp3) is 0.333. The molecule has 1 aliphatic heterocycles. The minimum atomic E-state index is -2.33. The molecule has 0 aliphatic carbocycles. The lowest BCUT2D eigenvalue weighted by molar-refractivity contribution is -0.301. The van der Waals surface area contributed by atoms with Crippen molar-refractivity contribution in [1.82, 2.24) is 0 Å². The fourth-order valence-electron chi connectivity index (χ4n) is 3.12. The van der Waals surface area contributed by atoms with Gasteiger partial charge in [0.15, 0.2) is 0 Å². The van der Waals surface area contributed by atoms with Crippen molar-refractivity contribution in [2.45, 2.75) is 37.1 Å². The lowest BCUT2D eigenvalue weighted by Gasteiger charge is -2.44. The largest absolute Gasteiger partial charge is 0.460 e. The van der Waals surface area contributed by atoms with Crippen molar-refractivity contribution in [1.29, 1.82) is 0 Å². The van der Waals surface area contributed by atoms with Crippen LogP contribution >= 0.6 is 11.6 Å². The van der Waals surface area contributed by atoms with Crippen LogP contribution < -0.4 is 4.74 Å². The van der Waals surface area contributed by atoms with Crippen LogP contribution in [0.3, 0.4) is 0 Å². The maximum absolute atomic E-state index is 13.4. The Balaban J connectivity index is 1.89. The summed E-state index contributed by atoms with van der Waals surface area (Å²) in [5, 5.41) is 40.1. The zero-order valence-electron chi connectivity index (χ0n) is 15.4. The van der Waals surface area contributed by atoms with E-state index >= 15 is 0 Å². The van der Waals surface area contributed by atoms with E-state index in [-0.39, 0.29) is 5.02 Å². The van der Waals surface area contributed by atoms with Gasteiger partial charge in [0.2, 0.25) is 11.9 Å². The molecule has 0 radical (unpaired) electrons. The predicted molar refractivity (Wildman–Crippen MR) is 104 cm³/mol. The molecule has 0 saturated carbocycles. The normalized spacial score (nSPS) is 29.3. The first-order valence-electron chi connectivity index (χ1n) is 8.76. The number of benzene rings is 2. The van der Waals surface area contributed by atoms with Crippen molar-refractivity contribution in [2.24, 2.45) is 0 Å². The summed E-state index contributed by atoms with van der Waals surface area (Å²) in [7, 11) is 0. The average molecular weight is 423 g/mol. The highest BCUT2D eigenvalue weighted by molar-refractivity contribution is 6.31. The van der Waals surface area contributed by atoms with Crippen molar-refractivity contribution < 1.29 is 34.3 Å². The van der Waals surface area contributed by atoms with Crippen LogP contribution in [0.4, 0.5) is 4.39 Å². The van der Waals surface area contributed by atoms with Gasteiger partial charge in [-0.2, -0.15) is 0 Å². The molecule has 1 fully saturated rings. The minimum Gasteiger partial charge on any atom is -0.460 e. The molecular formula is C21H20ClFO6. The number of hydrogen-bond acceptors (Lipinski definition) is 6. The molecule has 2 aromatic rings. The molecular weight excluding hydrogens is 403 g/mol. The van der Waals surface area contributed by atoms with Crippen molar-refractivity contribution in [2.75, 3.05) is 6.61 Å². The first kappa shape index (κ1) is 21.5. The van der Waals surface area contributed by atoms with E-state index in [9.17, 15) is 24.8 Å². The number of rotatable bonds is 4. The van der Waals surface area contributed by atoms with E-state index in [1.165, 1.54) is 12.1 Å². The van der Waals surface area contributed by atoms with Crippen molar-refractivity contribution in [3.05, 3.63) is 52.8 Å². The summed E-state index contributed by atoms with van der Waals surface area (Å²) in [6.07, 6.45) is -0.754. The summed E-state index contributed by atoms with van der Waals surface area (Å²) in [4.78, 5) is 0. The topological polar surface area (TPSA) is 99.4 Å². The molecule has 5 atom stereocenters. The van der Waals surface area contributed by atoms with Gasteiger partial charge in [-0.25, -0.2) is 4.39 Å². The van der Waals surface area contributed by atoms with Crippen LogP contribution in [0.1, 0.15) is 5.56 Å². The molecule has 0 bridgehead atoms. The highest BCUT2D eigenvalue weighted by Crippen LogP contribution is 2.34. The van der Waals surface area contributed by atoms with Gasteiger partial charge in [-0.15, -0.1) is 6.42 Å². The van der Waals surface area contributed by atoms with Crippen molar-refractivity contribution >= 4 is 11.6 Å². The second-order valence-corrected chi connectivity index (χ2v) is 7.23.